The SMILES string of the molecule is CCOC(=O)Cl.CCOC(=O)N1CCC[C@@H]1C(=O)OC.O=C(O)[C@H]1CCCN1. The van der Waals surface area contributed by atoms with Crippen LogP contribution in [0.3, 0.4) is 0 Å². The zero-order valence-electron chi connectivity index (χ0n) is 16.4. The monoisotopic (exact) mass is 424 g/mol. The highest BCUT2D eigenvalue weighted by Gasteiger charge is 2.35. The van der Waals surface area contributed by atoms with Crippen LogP contribution in [-0.2, 0) is 23.8 Å². The molecule has 0 unspecified atom stereocenters. The number of carboxylic acids is 1. The number of ether oxygens (including phenoxy) is 3. The van der Waals surface area contributed by atoms with Gasteiger partial charge in [-0.25, -0.2) is 14.4 Å². The molecule has 2 heterocycles. The van der Waals surface area contributed by atoms with Gasteiger partial charge in [-0.3, -0.25) is 9.69 Å². The van der Waals surface area contributed by atoms with E-state index in [-0.39, 0.29) is 12.0 Å². The van der Waals surface area contributed by atoms with Crippen LogP contribution in [0.25, 0.3) is 0 Å². The first-order valence-electron chi connectivity index (χ1n) is 9.08. The van der Waals surface area contributed by atoms with Crippen LogP contribution in [0.5, 0.6) is 0 Å². The number of rotatable bonds is 4. The van der Waals surface area contributed by atoms with Crippen molar-refractivity contribution in [2.24, 2.45) is 0 Å². The summed E-state index contributed by atoms with van der Waals surface area (Å²) in [7, 11) is 1.32. The molecule has 0 radical (unpaired) electrons. The first-order valence-corrected chi connectivity index (χ1v) is 9.45. The molecule has 10 nitrogen and oxygen atoms in total. The molecule has 0 aromatic rings. The Kier molecular flexibility index (Phi) is 13.8. The lowest BCUT2D eigenvalue weighted by molar-refractivity contribution is -0.145. The maximum atomic E-state index is 11.4. The molecule has 162 valence electrons. The third-order valence-electron chi connectivity index (χ3n) is 3.84. The smallest absolute Gasteiger partial charge is 0.410 e. The number of carboxylic acid groups (broad SMARTS) is 1. The summed E-state index contributed by atoms with van der Waals surface area (Å²) < 4.78 is 13.6. The van der Waals surface area contributed by atoms with Gasteiger partial charge >= 0.3 is 23.5 Å². The molecular formula is C17H29ClN2O8. The van der Waals surface area contributed by atoms with Crippen LogP contribution in [0.1, 0.15) is 39.5 Å². The molecule has 0 aliphatic carbocycles. The maximum absolute atomic E-state index is 11.4. The summed E-state index contributed by atoms with van der Waals surface area (Å²) in [5.41, 5.74) is -0.738. The van der Waals surface area contributed by atoms with Crippen LogP contribution >= 0.6 is 11.6 Å². The molecule has 2 fully saturated rings. The highest BCUT2D eigenvalue weighted by molar-refractivity contribution is 6.61. The van der Waals surface area contributed by atoms with Crippen LogP contribution in [0.15, 0.2) is 0 Å². The fraction of sp³-hybridized carbons (Fsp3) is 0.765. The van der Waals surface area contributed by atoms with Gasteiger partial charge in [0.05, 0.1) is 20.3 Å². The zero-order chi connectivity index (χ0) is 21.5. The van der Waals surface area contributed by atoms with Gasteiger partial charge < -0.3 is 24.6 Å². The molecule has 0 bridgehead atoms. The number of aliphatic carboxylic acids is 1. The van der Waals surface area contributed by atoms with Crippen LogP contribution in [0.2, 0.25) is 0 Å². The van der Waals surface area contributed by atoms with Crippen LogP contribution in [-0.4, -0.2) is 79.0 Å². The quantitative estimate of drug-likeness (QED) is 0.395. The number of carbonyl (C=O) groups excluding carboxylic acids is 3. The summed E-state index contributed by atoms with van der Waals surface area (Å²) in [5.74, 6) is -1.09. The second-order valence-corrected chi connectivity index (χ2v) is 6.04. The summed E-state index contributed by atoms with van der Waals surface area (Å²) in [4.78, 5) is 43.8. The Bertz CT molecular complexity index is 511. The number of nitrogens with zero attached hydrogens (tertiary/aromatic N) is 1. The van der Waals surface area contributed by atoms with Crippen molar-refractivity contribution in [3.63, 3.8) is 0 Å². The molecule has 0 saturated carbocycles. The van der Waals surface area contributed by atoms with E-state index in [9.17, 15) is 19.2 Å². The summed E-state index contributed by atoms with van der Waals surface area (Å²) >= 11 is 4.72. The predicted octanol–water partition coefficient (Wildman–Crippen LogP) is 1.99. The number of amides is 1. The minimum absolute atomic E-state index is 0.269. The average Bonchev–Trinajstić information content (AvgIpc) is 3.34. The number of hydrogen-bond acceptors (Lipinski definition) is 8. The summed E-state index contributed by atoms with van der Waals surface area (Å²) in [6.45, 7) is 5.53. The fourth-order valence-electron chi connectivity index (χ4n) is 2.58. The van der Waals surface area contributed by atoms with Crippen LogP contribution in [0, 0.1) is 0 Å². The summed E-state index contributed by atoms with van der Waals surface area (Å²) in [5, 5.41) is 11.2. The first kappa shape index (κ1) is 25.9. The van der Waals surface area contributed by atoms with Crippen molar-refractivity contribution in [1.29, 1.82) is 0 Å². The third kappa shape index (κ3) is 10.3. The van der Waals surface area contributed by atoms with Crippen molar-refractivity contribution in [3.8, 4) is 0 Å². The molecule has 2 aliphatic rings. The largest absolute Gasteiger partial charge is 0.480 e. The van der Waals surface area contributed by atoms with E-state index in [2.05, 4.69) is 14.8 Å². The molecule has 0 spiro atoms. The Morgan fingerprint density at radius 3 is 2.11 bits per heavy atom. The predicted molar refractivity (Wildman–Crippen MR) is 100 cm³/mol. The highest BCUT2D eigenvalue weighted by atomic mass is 35.5. The molecule has 0 aromatic carbocycles. The molecule has 2 N–H and O–H groups in total. The lowest BCUT2D eigenvalue weighted by Crippen LogP contribution is -2.41. The number of hydrogen-bond donors (Lipinski definition) is 2. The highest BCUT2D eigenvalue weighted by Crippen LogP contribution is 2.19. The minimum atomic E-state index is -0.738. The second kappa shape index (κ2) is 14.9. The Hall–Kier alpha value is -2.07. The number of halogens is 1. The molecule has 11 heteroatoms. The summed E-state index contributed by atoms with van der Waals surface area (Å²) in [6.07, 6.45) is 2.83. The second-order valence-electron chi connectivity index (χ2n) is 5.73. The minimum Gasteiger partial charge on any atom is -0.480 e. The first-order chi connectivity index (χ1) is 13.3. The zero-order valence-corrected chi connectivity index (χ0v) is 17.2. The van der Waals surface area contributed by atoms with Gasteiger partial charge in [0.1, 0.15) is 12.1 Å². The van der Waals surface area contributed by atoms with E-state index in [4.69, 9.17) is 21.4 Å². The number of nitrogens with one attached hydrogen (secondary N) is 1. The molecule has 1 amide bonds. The van der Waals surface area contributed by atoms with Crippen molar-refractivity contribution in [2.45, 2.75) is 51.6 Å². The molecule has 28 heavy (non-hydrogen) atoms. The van der Waals surface area contributed by atoms with Crippen LogP contribution < -0.4 is 5.32 Å². The van der Waals surface area contributed by atoms with Gasteiger partial charge in [-0.15, -0.1) is 0 Å². The number of methoxy groups -OCH3 is 1. The Balaban J connectivity index is 0.000000439. The van der Waals surface area contributed by atoms with Crippen LogP contribution in [0.4, 0.5) is 9.59 Å². The average molecular weight is 425 g/mol. The van der Waals surface area contributed by atoms with Crippen molar-refractivity contribution < 1.29 is 38.5 Å². The summed E-state index contributed by atoms with van der Waals surface area (Å²) in [6, 6.07) is -0.728. The molecule has 2 atom stereocenters. The lowest BCUT2D eigenvalue weighted by atomic mass is 10.2. The van der Waals surface area contributed by atoms with Crippen molar-refractivity contribution in [1.82, 2.24) is 10.2 Å². The van der Waals surface area contributed by atoms with E-state index < -0.39 is 23.5 Å². The van der Waals surface area contributed by atoms with E-state index in [1.165, 1.54) is 12.0 Å². The van der Waals surface area contributed by atoms with Crippen molar-refractivity contribution >= 4 is 35.1 Å². The molecular weight excluding hydrogens is 396 g/mol. The Morgan fingerprint density at radius 2 is 1.75 bits per heavy atom. The lowest BCUT2D eigenvalue weighted by Gasteiger charge is -2.21. The Labute approximate surface area is 169 Å². The third-order valence-corrected chi connectivity index (χ3v) is 3.95. The topological polar surface area (TPSA) is 131 Å². The van der Waals surface area contributed by atoms with Gasteiger partial charge in [0, 0.05) is 18.1 Å². The fourth-order valence-corrected chi connectivity index (χ4v) is 2.69. The normalized spacial score (nSPS) is 20.1. The maximum Gasteiger partial charge on any atom is 0.410 e. The van der Waals surface area contributed by atoms with Gasteiger partial charge in [0.25, 0.3) is 0 Å². The number of likely N-dealkylation sites (tertiary alicyclic amines) is 1. The van der Waals surface area contributed by atoms with Gasteiger partial charge in [-0.05, 0) is 46.1 Å². The van der Waals surface area contributed by atoms with Gasteiger partial charge in [0.2, 0.25) is 0 Å². The van der Waals surface area contributed by atoms with Gasteiger partial charge in [0.15, 0.2) is 0 Å². The molecule has 0 aromatic heterocycles. The van der Waals surface area contributed by atoms with E-state index in [1.54, 1.807) is 13.8 Å². The van der Waals surface area contributed by atoms with E-state index >= 15 is 0 Å². The number of esters is 1. The van der Waals surface area contributed by atoms with Gasteiger partial charge in [-0.2, -0.15) is 0 Å². The molecule has 2 aliphatic heterocycles. The Morgan fingerprint density at radius 1 is 1.11 bits per heavy atom. The van der Waals surface area contributed by atoms with E-state index in [1.807, 2.05) is 0 Å². The number of carbonyl (C=O) groups is 4. The van der Waals surface area contributed by atoms with Gasteiger partial charge in [-0.1, -0.05) is 0 Å². The van der Waals surface area contributed by atoms with Crippen molar-refractivity contribution in [2.75, 3.05) is 33.4 Å². The molecule has 2 rings (SSSR count). The van der Waals surface area contributed by atoms with E-state index in [0.29, 0.717) is 26.2 Å². The standard InChI is InChI=1S/C9H15NO4.C5H9NO2.C3H5ClO2/c1-3-14-9(12)10-6-4-5-7(10)8(11)13-2;7-5(8)4-2-1-3-6-4;1-2-6-3(4)5/h7H,3-6H2,1-2H3;4,6H,1-3H2,(H,7,8);2H2,1H3/t7-;4-;/m11./s1. The van der Waals surface area contributed by atoms with E-state index in [0.717, 1.165) is 25.8 Å². The van der Waals surface area contributed by atoms with Crippen molar-refractivity contribution in [3.05, 3.63) is 0 Å². The molecule has 2 saturated heterocycles.